The first-order chi connectivity index (χ1) is 5.16. The second-order valence-corrected chi connectivity index (χ2v) is 2.47. The van der Waals surface area contributed by atoms with Crippen molar-refractivity contribution in [1.82, 2.24) is 5.32 Å². The molecule has 0 aromatic heterocycles. The summed E-state index contributed by atoms with van der Waals surface area (Å²) in [6, 6.07) is 0. The maximum atomic E-state index is 9.99. The molecule has 1 unspecified atom stereocenters. The molecule has 0 aromatic rings. The fourth-order valence-corrected chi connectivity index (χ4v) is 0.781. The van der Waals surface area contributed by atoms with E-state index in [1.165, 1.54) is 0 Å². The van der Waals surface area contributed by atoms with Gasteiger partial charge in [0.1, 0.15) is 0 Å². The summed E-state index contributed by atoms with van der Waals surface area (Å²) in [5.41, 5.74) is 0. The molecule has 0 aliphatic rings. The van der Waals surface area contributed by atoms with Gasteiger partial charge < -0.3 is 15.5 Å². The average molecular weight is 161 g/mol. The zero-order valence-electron chi connectivity index (χ0n) is 6.71. The number of hydrogen-bond donors (Lipinski definition) is 3. The summed E-state index contributed by atoms with van der Waals surface area (Å²) < 4.78 is 0. The van der Waals surface area contributed by atoms with Crippen LogP contribution in [0.5, 0.6) is 0 Å². The Balaban J connectivity index is 3.16. The van der Waals surface area contributed by atoms with Gasteiger partial charge in [-0.1, -0.05) is 13.3 Å². The van der Waals surface area contributed by atoms with Crippen LogP contribution < -0.4 is 5.32 Å². The normalized spacial score (nSPS) is 12.9. The van der Waals surface area contributed by atoms with Crippen molar-refractivity contribution in [3.63, 3.8) is 0 Å². The summed E-state index contributed by atoms with van der Waals surface area (Å²) in [6.07, 6.45) is 1.21. The zero-order valence-corrected chi connectivity index (χ0v) is 6.71. The van der Waals surface area contributed by atoms with Crippen LogP contribution in [0.4, 0.5) is 0 Å². The van der Waals surface area contributed by atoms with Crippen LogP contribution in [0, 0.1) is 0 Å². The van der Waals surface area contributed by atoms with Gasteiger partial charge in [0.2, 0.25) is 0 Å². The number of aliphatic hydroxyl groups excluding tert-OH is 1. The molecule has 0 bridgehead atoms. The fraction of sp³-hybridized carbons (Fsp3) is 0.857. The molecule has 11 heavy (non-hydrogen) atoms. The van der Waals surface area contributed by atoms with Crippen LogP contribution in [0.3, 0.4) is 0 Å². The molecule has 4 heteroatoms. The lowest BCUT2D eigenvalue weighted by molar-refractivity contribution is -0.136. The number of hydrogen-bond acceptors (Lipinski definition) is 3. The maximum Gasteiger partial charge on any atom is 0.317 e. The molecule has 0 aromatic carbocycles. The van der Waals surface area contributed by atoms with Crippen molar-refractivity contribution >= 4 is 5.97 Å². The molecular formula is C7H15NO3. The van der Waals surface area contributed by atoms with Gasteiger partial charge in [0.05, 0.1) is 12.6 Å². The standard InChI is InChI=1S/C7H15NO3/c1-2-3-6(9)4-8-5-7(10)11/h6,8-9H,2-5H2,1H3,(H,10,11). The van der Waals surface area contributed by atoms with Crippen molar-refractivity contribution in [3.05, 3.63) is 0 Å². The van der Waals surface area contributed by atoms with E-state index in [1.54, 1.807) is 0 Å². The highest BCUT2D eigenvalue weighted by molar-refractivity contribution is 5.68. The number of carboxylic acids is 1. The largest absolute Gasteiger partial charge is 0.480 e. The molecule has 66 valence electrons. The lowest BCUT2D eigenvalue weighted by atomic mass is 10.2. The van der Waals surface area contributed by atoms with Gasteiger partial charge in [-0.25, -0.2) is 0 Å². The second-order valence-electron chi connectivity index (χ2n) is 2.47. The van der Waals surface area contributed by atoms with Gasteiger partial charge in [-0.05, 0) is 6.42 Å². The predicted octanol–water partition coefficient (Wildman–Crippen LogP) is -0.178. The van der Waals surface area contributed by atoms with Crippen LogP contribution in [0.15, 0.2) is 0 Å². The fourth-order valence-electron chi connectivity index (χ4n) is 0.781. The highest BCUT2D eigenvalue weighted by atomic mass is 16.4. The molecule has 3 N–H and O–H groups in total. The van der Waals surface area contributed by atoms with Crippen LogP contribution in [-0.4, -0.2) is 35.4 Å². The number of aliphatic carboxylic acids is 1. The molecule has 0 spiro atoms. The Hall–Kier alpha value is -0.610. The monoisotopic (exact) mass is 161 g/mol. The van der Waals surface area contributed by atoms with Crippen molar-refractivity contribution < 1.29 is 15.0 Å². The molecule has 0 aliphatic carbocycles. The van der Waals surface area contributed by atoms with E-state index in [9.17, 15) is 4.79 Å². The molecule has 0 heterocycles. The van der Waals surface area contributed by atoms with E-state index in [1.807, 2.05) is 6.92 Å². The minimum absolute atomic E-state index is 0.0826. The van der Waals surface area contributed by atoms with Gasteiger partial charge >= 0.3 is 5.97 Å². The van der Waals surface area contributed by atoms with E-state index in [2.05, 4.69) is 5.32 Å². The molecule has 0 amide bonds. The van der Waals surface area contributed by atoms with Crippen LogP contribution in [0.1, 0.15) is 19.8 Å². The number of aliphatic hydroxyl groups is 1. The third-order valence-electron chi connectivity index (χ3n) is 1.28. The Kier molecular flexibility index (Phi) is 5.78. The van der Waals surface area contributed by atoms with E-state index in [0.717, 1.165) is 6.42 Å². The number of carbonyl (C=O) groups is 1. The van der Waals surface area contributed by atoms with Gasteiger partial charge in [0.15, 0.2) is 0 Å². The molecule has 0 saturated heterocycles. The Bertz CT molecular complexity index is 116. The third-order valence-corrected chi connectivity index (χ3v) is 1.28. The lowest BCUT2D eigenvalue weighted by Gasteiger charge is -2.08. The first-order valence-corrected chi connectivity index (χ1v) is 3.77. The molecule has 4 nitrogen and oxygen atoms in total. The van der Waals surface area contributed by atoms with Crippen molar-refractivity contribution in [2.75, 3.05) is 13.1 Å². The SMILES string of the molecule is CCCC(O)CNCC(=O)O. The number of carboxylic acid groups (broad SMARTS) is 1. The first kappa shape index (κ1) is 10.4. The smallest absolute Gasteiger partial charge is 0.317 e. The van der Waals surface area contributed by atoms with Gasteiger partial charge in [0, 0.05) is 6.54 Å². The third kappa shape index (κ3) is 7.29. The summed E-state index contributed by atoms with van der Waals surface area (Å²) >= 11 is 0. The van der Waals surface area contributed by atoms with Crippen LogP contribution in [-0.2, 0) is 4.79 Å². The Labute approximate surface area is 66.2 Å². The Morgan fingerprint density at radius 1 is 1.64 bits per heavy atom. The molecule has 0 aliphatic heterocycles. The summed E-state index contributed by atoms with van der Waals surface area (Å²) in [6.45, 7) is 2.25. The maximum absolute atomic E-state index is 9.99. The van der Waals surface area contributed by atoms with E-state index in [0.29, 0.717) is 13.0 Å². The zero-order chi connectivity index (χ0) is 8.69. The molecular weight excluding hydrogens is 146 g/mol. The minimum Gasteiger partial charge on any atom is -0.480 e. The van der Waals surface area contributed by atoms with E-state index < -0.39 is 12.1 Å². The quantitative estimate of drug-likeness (QED) is 0.505. The van der Waals surface area contributed by atoms with Gasteiger partial charge in [-0.2, -0.15) is 0 Å². The van der Waals surface area contributed by atoms with E-state index in [-0.39, 0.29) is 6.54 Å². The van der Waals surface area contributed by atoms with Crippen molar-refractivity contribution in [3.8, 4) is 0 Å². The van der Waals surface area contributed by atoms with Crippen molar-refractivity contribution in [2.45, 2.75) is 25.9 Å². The van der Waals surface area contributed by atoms with E-state index in [4.69, 9.17) is 10.2 Å². The topological polar surface area (TPSA) is 69.6 Å². The van der Waals surface area contributed by atoms with E-state index >= 15 is 0 Å². The molecule has 1 atom stereocenters. The summed E-state index contributed by atoms with van der Waals surface area (Å²) in [4.78, 5) is 9.99. The van der Waals surface area contributed by atoms with Crippen molar-refractivity contribution in [1.29, 1.82) is 0 Å². The van der Waals surface area contributed by atoms with Crippen LogP contribution >= 0.6 is 0 Å². The highest BCUT2D eigenvalue weighted by Gasteiger charge is 2.02. The van der Waals surface area contributed by atoms with Gasteiger partial charge in [0.25, 0.3) is 0 Å². The average Bonchev–Trinajstić information content (AvgIpc) is 1.87. The Morgan fingerprint density at radius 3 is 2.73 bits per heavy atom. The molecule has 0 fully saturated rings. The first-order valence-electron chi connectivity index (χ1n) is 3.77. The van der Waals surface area contributed by atoms with Crippen molar-refractivity contribution in [2.24, 2.45) is 0 Å². The highest BCUT2D eigenvalue weighted by Crippen LogP contribution is 1.92. The summed E-state index contributed by atoms with van der Waals surface area (Å²) in [7, 11) is 0. The number of nitrogens with one attached hydrogen (secondary N) is 1. The molecule has 0 saturated carbocycles. The van der Waals surface area contributed by atoms with Crippen LogP contribution in [0.25, 0.3) is 0 Å². The summed E-state index contributed by atoms with van der Waals surface area (Å²) in [5.74, 6) is -0.895. The molecule has 0 radical (unpaired) electrons. The lowest BCUT2D eigenvalue weighted by Crippen LogP contribution is -2.30. The Morgan fingerprint density at radius 2 is 2.27 bits per heavy atom. The molecule has 0 rings (SSSR count). The van der Waals surface area contributed by atoms with Crippen LogP contribution in [0.2, 0.25) is 0 Å². The predicted molar refractivity (Wildman–Crippen MR) is 41.4 cm³/mol. The second kappa shape index (κ2) is 6.12. The number of rotatable bonds is 6. The summed E-state index contributed by atoms with van der Waals surface area (Å²) in [5, 5.41) is 19.9. The van der Waals surface area contributed by atoms with Gasteiger partial charge in [-0.15, -0.1) is 0 Å². The minimum atomic E-state index is -0.895. The van der Waals surface area contributed by atoms with Gasteiger partial charge in [-0.3, -0.25) is 4.79 Å².